The average Bonchev–Trinajstić information content (AvgIpc) is 2.21. The van der Waals surface area contributed by atoms with Crippen molar-refractivity contribution in [1.82, 2.24) is 0 Å². The quantitative estimate of drug-likeness (QED) is 0.737. The first-order valence-electron chi connectivity index (χ1n) is 3.96. The maximum atomic E-state index is 10.6. The van der Waals surface area contributed by atoms with E-state index in [2.05, 4.69) is 0 Å². The molecule has 0 fully saturated rings. The number of benzene rings is 1. The summed E-state index contributed by atoms with van der Waals surface area (Å²) in [4.78, 5) is 21.2. The van der Waals surface area contributed by atoms with Crippen molar-refractivity contribution >= 4 is 12.6 Å². The molecule has 14 heavy (non-hydrogen) atoms. The molecule has 0 aromatic heterocycles. The molecule has 0 aliphatic heterocycles. The summed E-state index contributed by atoms with van der Waals surface area (Å²) in [5.41, 5.74) is 0.731. The normalized spacial score (nSPS) is 9.57. The molecule has 0 amide bonds. The van der Waals surface area contributed by atoms with E-state index in [9.17, 15) is 14.7 Å². The maximum Gasteiger partial charge on any atom is 0.153 e. The third-order valence-corrected chi connectivity index (χ3v) is 2.00. The van der Waals surface area contributed by atoms with E-state index in [1.165, 1.54) is 13.2 Å². The summed E-state index contributed by atoms with van der Waals surface area (Å²) in [6, 6.07) is 1.29. The molecule has 0 saturated carbocycles. The summed E-state index contributed by atoms with van der Waals surface area (Å²) in [7, 11) is 1.40. The van der Waals surface area contributed by atoms with Crippen LogP contribution in [0.15, 0.2) is 6.07 Å². The molecule has 0 saturated heterocycles. The summed E-state index contributed by atoms with van der Waals surface area (Å²) in [6.07, 6.45) is 1.08. The number of rotatable bonds is 3. The molecule has 74 valence electrons. The number of methoxy groups -OCH3 is 1. The Morgan fingerprint density at radius 1 is 1.29 bits per heavy atom. The highest BCUT2D eigenvalue weighted by molar-refractivity contribution is 5.89. The zero-order valence-corrected chi connectivity index (χ0v) is 7.90. The van der Waals surface area contributed by atoms with Gasteiger partial charge in [-0.15, -0.1) is 0 Å². The topological polar surface area (TPSA) is 63.6 Å². The molecular weight excluding hydrogens is 184 g/mol. The van der Waals surface area contributed by atoms with Crippen molar-refractivity contribution in [1.29, 1.82) is 0 Å². The van der Waals surface area contributed by atoms with Crippen LogP contribution >= 0.6 is 0 Å². The molecule has 1 N–H and O–H groups in total. The number of carbonyl (C=O) groups excluding carboxylic acids is 2. The number of ether oxygens (including phenoxy) is 1. The van der Waals surface area contributed by atoms with Crippen LogP contribution in [0.2, 0.25) is 0 Å². The molecule has 1 aromatic carbocycles. The second-order valence-corrected chi connectivity index (χ2v) is 2.80. The molecule has 0 radical (unpaired) electrons. The number of aldehydes is 2. The Morgan fingerprint density at radius 3 is 2.29 bits per heavy atom. The lowest BCUT2D eigenvalue weighted by Gasteiger charge is -2.10. The fourth-order valence-electron chi connectivity index (χ4n) is 1.29. The molecule has 0 aliphatic carbocycles. The van der Waals surface area contributed by atoms with Crippen LogP contribution in [0.5, 0.6) is 11.5 Å². The molecular formula is C10H10O4. The summed E-state index contributed by atoms with van der Waals surface area (Å²) in [6.45, 7) is 1.58. The predicted molar refractivity (Wildman–Crippen MR) is 50.2 cm³/mol. The SMILES string of the molecule is COc1c(C=O)cc(C=O)c(O)c1C. The first-order valence-corrected chi connectivity index (χ1v) is 3.96. The van der Waals surface area contributed by atoms with Crippen LogP contribution in [-0.2, 0) is 0 Å². The van der Waals surface area contributed by atoms with Crippen LogP contribution in [0.3, 0.4) is 0 Å². The van der Waals surface area contributed by atoms with Crippen LogP contribution in [0, 0.1) is 6.92 Å². The van der Waals surface area contributed by atoms with E-state index >= 15 is 0 Å². The summed E-state index contributed by atoms with van der Waals surface area (Å²) < 4.78 is 4.94. The van der Waals surface area contributed by atoms with E-state index in [0.29, 0.717) is 23.9 Å². The minimum atomic E-state index is -0.151. The fraction of sp³-hybridized carbons (Fsp3) is 0.200. The highest BCUT2D eigenvalue weighted by atomic mass is 16.5. The smallest absolute Gasteiger partial charge is 0.153 e. The van der Waals surface area contributed by atoms with Gasteiger partial charge in [-0.2, -0.15) is 0 Å². The van der Waals surface area contributed by atoms with Gasteiger partial charge in [0.25, 0.3) is 0 Å². The number of hydrogen-bond donors (Lipinski definition) is 1. The average molecular weight is 194 g/mol. The van der Waals surface area contributed by atoms with Crippen molar-refractivity contribution in [2.24, 2.45) is 0 Å². The van der Waals surface area contributed by atoms with Crippen molar-refractivity contribution in [2.75, 3.05) is 7.11 Å². The third kappa shape index (κ3) is 1.46. The third-order valence-electron chi connectivity index (χ3n) is 2.00. The molecule has 1 rings (SSSR count). The Labute approximate surface area is 81.1 Å². The van der Waals surface area contributed by atoms with Gasteiger partial charge >= 0.3 is 0 Å². The molecule has 1 aromatic rings. The van der Waals surface area contributed by atoms with E-state index in [1.807, 2.05) is 0 Å². The summed E-state index contributed by atoms with van der Waals surface area (Å²) >= 11 is 0. The van der Waals surface area contributed by atoms with Crippen LogP contribution in [0.25, 0.3) is 0 Å². The Morgan fingerprint density at radius 2 is 1.86 bits per heavy atom. The van der Waals surface area contributed by atoms with Crippen molar-refractivity contribution in [3.63, 3.8) is 0 Å². The van der Waals surface area contributed by atoms with Gasteiger partial charge in [-0.05, 0) is 13.0 Å². The lowest BCUT2D eigenvalue weighted by molar-refractivity contribution is 0.111. The Kier molecular flexibility index (Phi) is 2.86. The second kappa shape index (κ2) is 3.91. The van der Waals surface area contributed by atoms with E-state index in [4.69, 9.17) is 4.74 Å². The number of hydrogen-bond acceptors (Lipinski definition) is 4. The maximum absolute atomic E-state index is 10.6. The molecule has 0 aliphatic rings. The summed E-state index contributed by atoms with van der Waals surface area (Å²) in [5, 5.41) is 9.50. The summed E-state index contributed by atoms with van der Waals surface area (Å²) in [5.74, 6) is 0.144. The Bertz CT molecular complexity index is 382. The van der Waals surface area contributed by atoms with Gasteiger partial charge in [0.1, 0.15) is 11.5 Å². The number of phenolic OH excluding ortho intramolecular Hbond substituents is 1. The van der Waals surface area contributed by atoms with Gasteiger partial charge in [0.05, 0.1) is 18.2 Å². The van der Waals surface area contributed by atoms with Crippen LogP contribution in [0.4, 0.5) is 0 Å². The molecule has 4 heteroatoms. The van der Waals surface area contributed by atoms with Gasteiger partial charge in [0.2, 0.25) is 0 Å². The first kappa shape index (κ1) is 10.2. The highest BCUT2D eigenvalue weighted by Crippen LogP contribution is 2.32. The van der Waals surface area contributed by atoms with Crippen molar-refractivity contribution in [3.8, 4) is 11.5 Å². The Hall–Kier alpha value is -1.84. The van der Waals surface area contributed by atoms with E-state index in [1.54, 1.807) is 6.92 Å². The minimum absolute atomic E-state index is 0.0883. The molecule has 0 bridgehead atoms. The predicted octanol–water partition coefficient (Wildman–Crippen LogP) is 1.33. The first-order chi connectivity index (χ1) is 6.65. The van der Waals surface area contributed by atoms with E-state index in [0.717, 1.165) is 0 Å². The van der Waals surface area contributed by atoms with Crippen LogP contribution < -0.4 is 4.74 Å². The lowest BCUT2D eigenvalue weighted by atomic mass is 10.0. The van der Waals surface area contributed by atoms with E-state index < -0.39 is 0 Å². The van der Waals surface area contributed by atoms with Gasteiger partial charge in [-0.1, -0.05) is 0 Å². The molecule has 0 unspecified atom stereocenters. The molecule has 0 heterocycles. The van der Waals surface area contributed by atoms with Gasteiger partial charge < -0.3 is 9.84 Å². The molecule has 4 nitrogen and oxygen atoms in total. The molecule has 0 spiro atoms. The standard InChI is InChI=1S/C10H10O4/c1-6-9(13)7(4-11)3-8(5-12)10(6)14-2/h3-5,13H,1-2H3. The Balaban J connectivity index is 3.53. The number of carbonyl (C=O) groups is 2. The zero-order valence-electron chi connectivity index (χ0n) is 7.90. The number of aromatic hydroxyl groups is 1. The van der Waals surface area contributed by atoms with Crippen molar-refractivity contribution in [2.45, 2.75) is 6.92 Å². The highest BCUT2D eigenvalue weighted by Gasteiger charge is 2.14. The van der Waals surface area contributed by atoms with E-state index in [-0.39, 0.29) is 16.9 Å². The molecule has 0 atom stereocenters. The van der Waals surface area contributed by atoms with Crippen LogP contribution in [0.1, 0.15) is 26.3 Å². The minimum Gasteiger partial charge on any atom is -0.507 e. The fourth-order valence-corrected chi connectivity index (χ4v) is 1.29. The largest absolute Gasteiger partial charge is 0.507 e. The van der Waals surface area contributed by atoms with Crippen molar-refractivity contribution in [3.05, 3.63) is 22.8 Å². The van der Waals surface area contributed by atoms with Gasteiger partial charge in [0.15, 0.2) is 12.6 Å². The zero-order chi connectivity index (χ0) is 10.7. The van der Waals surface area contributed by atoms with Gasteiger partial charge in [-0.25, -0.2) is 0 Å². The number of phenols is 1. The second-order valence-electron chi connectivity index (χ2n) is 2.80. The van der Waals surface area contributed by atoms with Crippen molar-refractivity contribution < 1.29 is 19.4 Å². The monoisotopic (exact) mass is 194 g/mol. The van der Waals surface area contributed by atoms with Crippen LogP contribution in [-0.4, -0.2) is 24.8 Å². The lowest BCUT2D eigenvalue weighted by Crippen LogP contribution is -1.97. The van der Waals surface area contributed by atoms with Gasteiger partial charge in [-0.3, -0.25) is 9.59 Å². The van der Waals surface area contributed by atoms with Gasteiger partial charge in [0, 0.05) is 5.56 Å².